The first-order valence-corrected chi connectivity index (χ1v) is 8.48. The summed E-state index contributed by atoms with van der Waals surface area (Å²) in [6.07, 6.45) is 5.54. The molecule has 6 heteroatoms. The van der Waals surface area contributed by atoms with E-state index >= 15 is 0 Å². The molecule has 1 heterocycles. The van der Waals surface area contributed by atoms with Crippen molar-refractivity contribution in [2.24, 2.45) is 5.92 Å². The molecule has 0 saturated carbocycles. The summed E-state index contributed by atoms with van der Waals surface area (Å²) in [5.74, 6) is 0.411. The summed E-state index contributed by atoms with van der Waals surface area (Å²) >= 11 is 0. The van der Waals surface area contributed by atoms with Gasteiger partial charge in [0.05, 0.1) is 4.92 Å². The van der Waals surface area contributed by atoms with Crippen LogP contribution in [-0.2, 0) is 6.54 Å². The normalized spacial score (nSPS) is 17.0. The molecule has 0 N–H and O–H groups in total. The van der Waals surface area contributed by atoms with E-state index in [0.717, 1.165) is 45.4 Å². The zero-order valence-electron chi connectivity index (χ0n) is 14.5. The molecule has 1 atom stereocenters. The minimum absolute atomic E-state index is 0.0748. The standard InChI is InChI=1S/C19H25N3O3/c1-3-5-16(4-2)13-20-8-10-21(11-9-20)14-18-12-17(15-23)6-7-19(18)22(24)25/h3-4,6-7,12,15-16H,1-2,5,8-11,13-14H2. The third-order valence-corrected chi connectivity index (χ3v) is 4.59. The number of nitro benzene ring substituents is 1. The van der Waals surface area contributed by atoms with Crippen LogP contribution in [0.15, 0.2) is 43.5 Å². The van der Waals surface area contributed by atoms with E-state index in [-0.39, 0.29) is 10.6 Å². The van der Waals surface area contributed by atoms with Crippen molar-refractivity contribution >= 4 is 12.0 Å². The van der Waals surface area contributed by atoms with Crippen LogP contribution in [0.5, 0.6) is 0 Å². The molecule has 1 unspecified atom stereocenters. The molecular formula is C19H25N3O3. The predicted octanol–water partition coefficient (Wildman–Crippen LogP) is 2.90. The molecular weight excluding hydrogens is 318 g/mol. The number of aldehydes is 1. The smallest absolute Gasteiger partial charge is 0.273 e. The van der Waals surface area contributed by atoms with Gasteiger partial charge in [0, 0.05) is 56.5 Å². The van der Waals surface area contributed by atoms with Gasteiger partial charge in [-0.15, -0.1) is 13.2 Å². The monoisotopic (exact) mass is 343 g/mol. The molecule has 2 rings (SSSR count). The Morgan fingerprint density at radius 1 is 1.20 bits per heavy atom. The van der Waals surface area contributed by atoms with E-state index < -0.39 is 0 Å². The number of rotatable bonds is 9. The zero-order valence-corrected chi connectivity index (χ0v) is 14.5. The van der Waals surface area contributed by atoms with Crippen LogP contribution in [0, 0.1) is 16.0 Å². The number of piperazine rings is 1. The maximum absolute atomic E-state index is 11.2. The summed E-state index contributed by atoms with van der Waals surface area (Å²) in [5.41, 5.74) is 1.14. The number of nitrogens with zero attached hydrogens (tertiary/aromatic N) is 3. The molecule has 0 amide bonds. The third kappa shape index (κ3) is 5.34. The Bertz CT molecular complexity index is 637. The van der Waals surface area contributed by atoms with Gasteiger partial charge in [-0.25, -0.2) is 0 Å². The fourth-order valence-corrected chi connectivity index (χ4v) is 3.15. The van der Waals surface area contributed by atoms with Crippen LogP contribution in [-0.4, -0.2) is 53.7 Å². The molecule has 0 spiro atoms. The number of benzene rings is 1. The lowest BCUT2D eigenvalue weighted by molar-refractivity contribution is -0.385. The number of hydrogen-bond donors (Lipinski definition) is 0. The van der Waals surface area contributed by atoms with Crippen molar-refractivity contribution in [3.63, 3.8) is 0 Å². The number of carbonyl (C=O) groups excluding carboxylic acids is 1. The average Bonchev–Trinajstić information content (AvgIpc) is 2.62. The first-order chi connectivity index (χ1) is 12.1. The number of hydrogen-bond acceptors (Lipinski definition) is 5. The Hall–Kier alpha value is -2.31. The maximum atomic E-state index is 11.2. The minimum Gasteiger partial charge on any atom is -0.300 e. The highest BCUT2D eigenvalue weighted by Crippen LogP contribution is 2.22. The Balaban J connectivity index is 1.95. The Kier molecular flexibility index (Phi) is 7.03. The quantitative estimate of drug-likeness (QED) is 0.298. The van der Waals surface area contributed by atoms with Crippen molar-refractivity contribution < 1.29 is 9.72 Å². The number of allylic oxidation sites excluding steroid dienone is 1. The van der Waals surface area contributed by atoms with Gasteiger partial charge in [0.25, 0.3) is 5.69 Å². The van der Waals surface area contributed by atoms with Gasteiger partial charge in [-0.1, -0.05) is 12.2 Å². The van der Waals surface area contributed by atoms with Crippen LogP contribution in [0.4, 0.5) is 5.69 Å². The lowest BCUT2D eigenvalue weighted by Crippen LogP contribution is -2.47. The summed E-state index contributed by atoms with van der Waals surface area (Å²) in [6, 6.07) is 4.52. The minimum atomic E-state index is -0.385. The highest BCUT2D eigenvalue weighted by atomic mass is 16.6. The van der Waals surface area contributed by atoms with E-state index in [1.807, 2.05) is 12.2 Å². The molecule has 1 aliphatic rings. The van der Waals surface area contributed by atoms with Crippen molar-refractivity contribution in [2.45, 2.75) is 13.0 Å². The van der Waals surface area contributed by atoms with Crippen molar-refractivity contribution in [3.05, 3.63) is 64.8 Å². The highest BCUT2D eigenvalue weighted by molar-refractivity contribution is 5.76. The van der Waals surface area contributed by atoms with Gasteiger partial charge in [-0.3, -0.25) is 19.8 Å². The third-order valence-electron chi connectivity index (χ3n) is 4.59. The lowest BCUT2D eigenvalue weighted by atomic mass is 10.0. The average molecular weight is 343 g/mol. The topological polar surface area (TPSA) is 66.7 Å². The predicted molar refractivity (Wildman–Crippen MR) is 98.7 cm³/mol. The second kappa shape index (κ2) is 9.25. The van der Waals surface area contributed by atoms with Crippen molar-refractivity contribution in [3.8, 4) is 0 Å². The summed E-state index contributed by atoms with van der Waals surface area (Å²) in [5, 5.41) is 11.2. The molecule has 0 bridgehead atoms. The van der Waals surface area contributed by atoms with Gasteiger partial charge >= 0.3 is 0 Å². The molecule has 6 nitrogen and oxygen atoms in total. The molecule has 0 aliphatic carbocycles. The van der Waals surface area contributed by atoms with Gasteiger partial charge in [0.1, 0.15) is 6.29 Å². The number of carbonyl (C=O) groups is 1. The van der Waals surface area contributed by atoms with E-state index in [1.165, 1.54) is 12.1 Å². The molecule has 134 valence electrons. The van der Waals surface area contributed by atoms with E-state index in [1.54, 1.807) is 6.07 Å². The molecule has 0 aromatic heterocycles. The molecule has 1 aromatic carbocycles. The molecule has 1 fully saturated rings. The Labute approximate surface area is 148 Å². The molecule has 25 heavy (non-hydrogen) atoms. The van der Waals surface area contributed by atoms with E-state index in [2.05, 4.69) is 23.0 Å². The van der Waals surface area contributed by atoms with Gasteiger partial charge < -0.3 is 4.90 Å². The second-order valence-electron chi connectivity index (χ2n) is 6.36. The van der Waals surface area contributed by atoms with Crippen molar-refractivity contribution in [2.75, 3.05) is 32.7 Å². The van der Waals surface area contributed by atoms with Crippen LogP contribution in [0.25, 0.3) is 0 Å². The number of nitro groups is 1. The fraction of sp³-hybridized carbons (Fsp3) is 0.421. The molecule has 1 aromatic rings. The van der Waals surface area contributed by atoms with Crippen LogP contribution in [0.3, 0.4) is 0 Å². The first kappa shape index (κ1) is 19.0. The van der Waals surface area contributed by atoms with Gasteiger partial charge in [-0.2, -0.15) is 0 Å². The van der Waals surface area contributed by atoms with E-state index in [0.29, 0.717) is 23.6 Å². The van der Waals surface area contributed by atoms with Crippen molar-refractivity contribution in [1.29, 1.82) is 0 Å². The molecule has 1 saturated heterocycles. The summed E-state index contributed by atoms with van der Waals surface area (Å²) in [4.78, 5) is 26.4. The summed E-state index contributed by atoms with van der Waals surface area (Å²) in [6.45, 7) is 12.6. The van der Waals surface area contributed by atoms with E-state index in [9.17, 15) is 14.9 Å². The highest BCUT2D eigenvalue weighted by Gasteiger charge is 2.22. The van der Waals surface area contributed by atoms with Crippen LogP contribution >= 0.6 is 0 Å². The Morgan fingerprint density at radius 2 is 1.88 bits per heavy atom. The Morgan fingerprint density at radius 3 is 2.44 bits per heavy atom. The van der Waals surface area contributed by atoms with Crippen molar-refractivity contribution in [1.82, 2.24) is 9.80 Å². The van der Waals surface area contributed by atoms with Crippen LogP contribution in [0.2, 0.25) is 0 Å². The fourth-order valence-electron chi connectivity index (χ4n) is 3.15. The van der Waals surface area contributed by atoms with Gasteiger partial charge in [0.15, 0.2) is 0 Å². The molecule has 0 radical (unpaired) electrons. The van der Waals surface area contributed by atoms with Crippen LogP contribution in [0.1, 0.15) is 22.3 Å². The van der Waals surface area contributed by atoms with E-state index in [4.69, 9.17) is 0 Å². The summed E-state index contributed by atoms with van der Waals surface area (Å²) < 4.78 is 0. The SMILES string of the molecule is C=CCC(C=C)CN1CCN(Cc2cc(C=O)ccc2[N+](=O)[O-])CC1. The second-order valence-corrected chi connectivity index (χ2v) is 6.36. The maximum Gasteiger partial charge on any atom is 0.273 e. The van der Waals surface area contributed by atoms with Gasteiger partial charge in [0.2, 0.25) is 0 Å². The lowest BCUT2D eigenvalue weighted by Gasteiger charge is -2.35. The zero-order chi connectivity index (χ0) is 18.2. The van der Waals surface area contributed by atoms with Gasteiger partial charge in [-0.05, 0) is 24.5 Å². The first-order valence-electron chi connectivity index (χ1n) is 8.48. The molecule has 1 aliphatic heterocycles. The van der Waals surface area contributed by atoms with Crippen LogP contribution < -0.4 is 0 Å². The summed E-state index contributed by atoms with van der Waals surface area (Å²) in [7, 11) is 0. The largest absolute Gasteiger partial charge is 0.300 e.